The van der Waals surface area contributed by atoms with Crippen molar-refractivity contribution in [2.75, 3.05) is 17.2 Å². The molecule has 0 bridgehead atoms. The zero-order chi connectivity index (χ0) is 9.30. The number of anilines is 3. The summed E-state index contributed by atoms with van der Waals surface area (Å²) in [6.45, 7) is 1.45. The molecule has 0 heterocycles. The standard InChI is InChI=1S/C8H11N3O/c1-4(12)5-2-6(9)8(11)7(10)3-5/h2-3H,9-11H2,1H3. The molecule has 4 nitrogen and oxygen atoms in total. The number of Topliss-reactive ketones (excluding diaryl/α,β-unsaturated/α-hetero) is 1. The molecule has 1 aromatic rings. The van der Waals surface area contributed by atoms with Gasteiger partial charge in [-0.3, -0.25) is 4.79 Å². The predicted octanol–water partition coefficient (Wildman–Crippen LogP) is 0.636. The summed E-state index contributed by atoms with van der Waals surface area (Å²) in [4.78, 5) is 10.9. The van der Waals surface area contributed by atoms with Crippen molar-refractivity contribution < 1.29 is 4.79 Å². The van der Waals surface area contributed by atoms with Gasteiger partial charge in [0.1, 0.15) is 0 Å². The smallest absolute Gasteiger partial charge is 0.159 e. The first-order valence-corrected chi connectivity index (χ1v) is 3.47. The highest BCUT2D eigenvalue weighted by Crippen LogP contribution is 2.24. The van der Waals surface area contributed by atoms with E-state index >= 15 is 0 Å². The highest BCUT2D eigenvalue weighted by atomic mass is 16.1. The Morgan fingerprint density at radius 1 is 1.17 bits per heavy atom. The van der Waals surface area contributed by atoms with Gasteiger partial charge in [-0.05, 0) is 19.1 Å². The van der Waals surface area contributed by atoms with E-state index in [1.807, 2.05) is 0 Å². The molecule has 12 heavy (non-hydrogen) atoms. The second kappa shape index (κ2) is 2.73. The van der Waals surface area contributed by atoms with E-state index in [0.29, 0.717) is 22.6 Å². The monoisotopic (exact) mass is 165 g/mol. The highest BCUT2D eigenvalue weighted by molar-refractivity contribution is 5.98. The Morgan fingerprint density at radius 2 is 1.58 bits per heavy atom. The van der Waals surface area contributed by atoms with Gasteiger partial charge in [-0.25, -0.2) is 0 Å². The topological polar surface area (TPSA) is 95.1 Å². The number of rotatable bonds is 1. The third-order valence-corrected chi connectivity index (χ3v) is 1.65. The first kappa shape index (κ1) is 8.39. The third-order valence-electron chi connectivity index (χ3n) is 1.65. The average Bonchev–Trinajstić information content (AvgIpc) is 1.99. The highest BCUT2D eigenvalue weighted by Gasteiger charge is 2.05. The van der Waals surface area contributed by atoms with Gasteiger partial charge in [0.25, 0.3) is 0 Å². The maximum absolute atomic E-state index is 10.9. The van der Waals surface area contributed by atoms with E-state index < -0.39 is 0 Å². The summed E-state index contributed by atoms with van der Waals surface area (Å²) < 4.78 is 0. The van der Waals surface area contributed by atoms with E-state index in [4.69, 9.17) is 17.2 Å². The molecule has 0 spiro atoms. The molecule has 6 N–H and O–H groups in total. The van der Waals surface area contributed by atoms with E-state index in [1.54, 1.807) is 0 Å². The minimum Gasteiger partial charge on any atom is -0.397 e. The van der Waals surface area contributed by atoms with Gasteiger partial charge in [0, 0.05) is 5.56 Å². The van der Waals surface area contributed by atoms with Gasteiger partial charge in [-0.1, -0.05) is 0 Å². The lowest BCUT2D eigenvalue weighted by molar-refractivity contribution is 0.101. The summed E-state index contributed by atoms with van der Waals surface area (Å²) in [6.07, 6.45) is 0. The molecule has 0 aliphatic rings. The zero-order valence-corrected chi connectivity index (χ0v) is 6.79. The SMILES string of the molecule is CC(=O)c1cc(N)c(N)c(N)c1. The fourth-order valence-corrected chi connectivity index (χ4v) is 0.902. The number of nitrogens with two attached hydrogens (primary N) is 3. The van der Waals surface area contributed by atoms with E-state index in [0.717, 1.165) is 0 Å². The van der Waals surface area contributed by atoms with Crippen LogP contribution in [-0.4, -0.2) is 5.78 Å². The Balaban J connectivity index is 3.31. The van der Waals surface area contributed by atoms with Crippen LogP contribution in [0.4, 0.5) is 17.1 Å². The molecule has 4 heteroatoms. The summed E-state index contributed by atoms with van der Waals surface area (Å²) in [5, 5.41) is 0. The molecule has 1 rings (SSSR count). The van der Waals surface area contributed by atoms with Crippen molar-refractivity contribution in [3.8, 4) is 0 Å². The van der Waals surface area contributed by atoms with E-state index in [2.05, 4.69) is 0 Å². The molecule has 0 unspecified atom stereocenters. The summed E-state index contributed by atoms with van der Waals surface area (Å²) in [6, 6.07) is 3.04. The lowest BCUT2D eigenvalue weighted by Gasteiger charge is -2.05. The average molecular weight is 165 g/mol. The molecule has 0 fully saturated rings. The van der Waals surface area contributed by atoms with Gasteiger partial charge >= 0.3 is 0 Å². The van der Waals surface area contributed by atoms with Gasteiger partial charge < -0.3 is 17.2 Å². The minimum absolute atomic E-state index is 0.0756. The Labute approximate surface area is 70.3 Å². The summed E-state index contributed by atoms with van der Waals surface area (Å²) in [5.74, 6) is -0.0756. The number of hydrogen-bond donors (Lipinski definition) is 3. The predicted molar refractivity (Wildman–Crippen MR) is 49.7 cm³/mol. The largest absolute Gasteiger partial charge is 0.397 e. The molecule has 64 valence electrons. The van der Waals surface area contributed by atoms with Gasteiger partial charge in [0.2, 0.25) is 0 Å². The first-order chi connectivity index (χ1) is 5.52. The van der Waals surface area contributed by atoms with Crippen LogP contribution in [-0.2, 0) is 0 Å². The summed E-state index contributed by atoms with van der Waals surface area (Å²) in [7, 11) is 0. The van der Waals surface area contributed by atoms with E-state index in [-0.39, 0.29) is 5.78 Å². The molecule has 0 aliphatic heterocycles. The number of hydrogen-bond acceptors (Lipinski definition) is 4. The van der Waals surface area contributed by atoms with Crippen molar-refractivity contribution in [3.05, 3.63) is 17.7 Å². The third kappa shape index (κ3) is 1.32. The quantitative estimate of drug-likeness (QED) is 0.420. The Hall–Kier alpha value is -1.71. The lowest BCUT2D eigenvalue weighted by Crippen LogP contribution is -2.03. The van der Waals surface area contributed by atoms with Crippen molar-refractivity contribution in [1.29, 1.82) is 0 Å². The fraction of sp³-hybridized carbons (Fsp3) is 0.125. The number of benzene rings is 1. The second-order valence-corrected chi connectivity index (χ2v) is 2.62. The lowest BCUT2D eigenvalue weighted by atomic mass is 10.1. The first-order valence-electron chi connectivity index (χ1n) is 3.47. The van der Waals surface area contributed by atoms with Crippen LogP contribution in [0.1, 0.15) is 17.3 Å². The second-order valence-electron chi connectivity index (χ2n) is 2.62. The molecule has 1 aromatic carbocycles. The zero-order valence-electron chi connectivity index (χ0n) is 6.79. The maximum atomic E-state index is 10.9. The Morgan fingerprint density at radius 3 is 1.92 bits per heavy atom. The molecule has 0 saturated heterocycles. The molecule has 0 radical (unpaired) electrons. The molecule has 0 amide bonds. The minimum atomic E-state index is -0.0756. The van der Waals surface area contributed by atoms with Crippen LogP contribution in [0.5, 0.6) is 0 Å². The molecule has 0 atom stereocenters. The van der Waals surface area contributed by atoms with Crippen molar-refractivity contribution >= 4 is 22.8 Å². The van der Waals surface area contributed by atoms with Gasteiger partial charge in [0.05, 0.1) is 17.1 Å². The van der Waals surface area contributed by atoms with Gasteiger partial charge in [-0.15, -0.1) is 0 Å². The Kier molecular flexibility index (Phi) is 1.91. The summed E-state index contributed by atoms with van der Waals surface area (Å²) >= 11 is 0. The van der Waals surface area contributed by atoms with Crippen LogP contribution in [0.2, 0.25) is 0 Å². The number of carbonyl (C=O) groups is 1. The normalized spacial score (nSPS) is 9.75. The van der Waals surface area contributed by atoms with Crippen LogP contribution in [0.15, 0.2) is 12.1 Å². The molecule has 0 aromatic heterocycles. The van der Waals surface area contributed by atoms with Crippen molar-refractivity contribution in [3.63, 3.8) is 0 Å². The van der Waals surface area contributed by atoms with Crippen molar-refractivity contribution in [2.45, 2.75) is 6.92 Å². The fourth-order valence-electron chi connectivity index (χ4n) is 0.902. The van der Waals surface area contributed by atoms with Crippen LogP contribution in [0.25, 0.3) is 0 Å². The molecular weight excluding hydrogens is 154 g/mol. The number of ketones is 1. The van der Waals surface area contributed by atoms with E-state index in [1.165, 1.54) is 19.1 Å². The maximum Gasteiger partial charge on any atom is 0.159 e. The molecule has 0 aliphatic carbocycles. The molecule has 0 saturated carbocycles. The van der Waals surface area contributed by atoms with Crippen LogP contribution < -0.4 is 17.2 Å². The van der Waals surface area contributed by atoms with Crippen molar-refractivity contribution in [2.24, 2.45) is 0 Å². The molecular formula is C8H11N3O. The van der Waals surface area contributed by atoms with Gasteiger partial charge in [-0.2, -0.15) is 0 Å². The van der Waals surface area contributed by atoms with Crippen LogP contribution >= 0.6 is 0 Å². The van der Waals surface area contributed by atoms with Crippen LogP contribution in [0.3, 0.4) is 0 Å². The number of nitrogen functional groups attached to an aromatic ring is 3. The summed E-state index contributed by atoms with van der Waals surface area (Å²) in [5.41, 5.74) is 18.0. The number of carbonyl (C=O) groups excluding carboxylic acids is 1. The van der Waals surface area contributed by atoms with E-state index in [9.17, 15) is 4.79 Å². The Bertz CT molecular complexity index is 310. The van der Waals surface area contributed by atoms with Gasteiger partial charge in [0.15, 0.2) is 5.78 Å². The van der Waals surface area contributed by atoms with Crippen LogP contribution in [0, 0.1) is 0 Å². The van der Waals surface area contributed by atoms with Crippen molar-refractivity contribution in [1.82, 2.24) is 0 Å².